The number of carbonyl (C=O) groups excluding carboxylic acids is 1. The van der Waals surface area contributed by atoms with Crippen molar-refractivity contribution < 1.29 is 14.6 Å². The van der Waals surface area contributed by atoms with E-state index in [1.807, 2.05) is 0 Å². The van der Waals surface area contributed by atoms with Crippen molar-refractivity contribution >= 4 is 5.91 Å². The van der Waals surface area contributed by atoms with Crippen LogP contribution in [-0.4, -0.2) is 40.3 Å². The molecule has 0 aromatic carbocycles. The maximum atomic E-state index is 11.7. The zero-order valence-corrected chi connectivity index (χ0v) is 15.0. The highest BCUT2D eigenvalue weighted by Gasteiger charge is 2.26. The fourth-order valence-corrected chi connectivity index (χ4v) is 4.26. The van der Waals surface area contributed by atoms with E-state index < -0.39 is 5.91 Å². The maximum absolute atomic E-state index is 11.7. The van der Waals surface area contributed by atoms with E-state index in [1.54, 1.807) is 13.3 Å². The standard InChI is InChI=1S/C19H29N3O3/c1-25-15-6-3-12(4-7-15)10-18-21-11-16(19(20)24)17(22-18)9-13-2-5-14(23)8-13/h11-15,23H,2-10H2,1H3,(H2,20,24)/t12-,13?,14?,15-. The molecule has 2 aliphatic rings. The number of aromatic nitrogens is 2. The van der Waals surface area contributed by atoms with E-state index in [4.69, 9.17) is 15.5 Å². The quantitative estimate of drug-likeness (QED) is 0.820. The molecule has 3 rings (SSSR count). The lowest BCUT2D eigenvalue weighted by atomic mass is 9.85. The van der Waals surface area contributed by atoms with E-state index in [-0.39, 0.29) is 6.10 Å². The summed E-state index contributed by atoms with van der Waals surface area (Å²) in [5.41, 5.74) is 6.68. The first-order chi connectivity index (χ1) is 12.0. The van der Waals surface area contributed by atoms with Crippen LogP contribution in [0.15, 0.2) is 6.20 Å². The van der Waals surface area contributed by atoms with E-state index in [0.29, 0.717) is 29.9 Å². The molecule has 1 amide bonds. The number of methoxy groups -OCH3 is 1. The fraction of sp³-hybridized carbons (Fsp3) is 0.737. The molecule has 6 heteroatoms. The highest BCUT2D eigenvalue weighted by Crippen LogP contribution is 2.30. The predicted octanol–water partition coefficient (Wildman–Crippen LogP) is 2.03. The fourth-order valence-electron chi connectivity index (χ4n) is 4.26. The molecule has 25 heavy (non-hydrogen) atoms. The number of nitrogens with two attached hydrogens (primary N) is 1. The third kappa shape index (κ3) is 4.76. The first-order valence-corrected chi connectivity index (χ1v) is 9.40. The van der Waals surface area contributed by atoms with Gasteiger partial charge >= 0.3 is 0 Å². The Bertz CT molecular complexity index is 600. The minimum Gasteiger partial charge on any atom is -0.393 e. The Morgan fingerprint density at radius 2 is 1.92 bits per heavy atom. The van der Waals surface area contributed by atoms with Gasteiger partial charge in [-0.05, 0) is 63.2 Å². The van der Waals surface area contributed by atoms with Crippen molar-refractivity contribution in [1.82, 2.24) is 9.97 Å². The van der Waals surface area contributed by atoms with Crippen LogP contribution in [0.25, 0.3) is 0 Å². The first kappa shape index (κ1) is 18.3. The summed E-state index contributed by atoms with van der Waals surface area (Å²) in [4.78, 5) is 20.8. The van der Waals surface area contributed by atoms with Gasteiger partial charge in [-0.3, -0.25) is 4.79 Å². The summed E-state index contributed by atoms with van der Waals surface area (Å²) in [7, 11) is 1.78. The monoisotopic (exact) mass is 347 g/mol. The lowest BCUT2D eigenvalue weighted by Gasteiger charge is -2.27. The number of primary amides is 1. The zero-order chi connectivity index (χ0) is 17.8. The van der Waals surface area contributed by atoms with Gasteiger partial charge in [-0.1, -0.05) is 0 Å². The molecule has 2 fully saturated rings. The predicted molar refractivity (Wildman–Crippen MR) is 94.1 cm³/mol. The van der Waals surface area contributed by atoms with Gasteiger partial charge in [0.15, 0.2) is 0 Å². The molecule has 3 N–H and O–H groups in total. The van der Waals surface area contributed by atoms with Crippen LogP contribution >= 0.6 is 0 Å². The minimum absolute atomic E-state index is 0.223. The molecule has 2 atom stereocenters. The number of aliphatic hydroxyl groups is 1. The molecule has 0 saturated heterocycles. The van der Waals surface area contributed by atoms with Crippen LogP contribution in [-0.2, 0) is 17.6 Å². The van der Waals surface area contributed by atoms with Gasteiger partial charge in [-0.2, -0.15) is 0 Å². The molecule has 1 aromatic rings. The lowest BCUT2D eigenvalue weighted by molar-refractivity contribution is 0.0565. The highest BCUT2D eigenvalue weighted by atomic mass is 16.5. The highest BCUT2D eigenvalue weighted by molar-refractivity contribution is 5.93. The number of carbonyl (C=O) groups is 1. The number of amides is 1. The molecule has 2 aliphatic carbocycles. The summed E-state index contributed by atoms with van der Waals surface area (Å²) >= 11 is 0. The second-order valence-corrected chi connectivity index (χ2v) is 7.63. The van der Waals surface area contributed by atoms with Gasteiger partial charge < -0.3 is 15.6 Å². The van der Waals surface area contributed by atoms with E-state index in [2.05, 4.69) is 4.98 Å². The van der Waals surface area contributed by atoms with E-state index in [9.17, 15) is 9.90 Å². The Morgan fingerprint density at radius 3 is 2.52 bits per heavy atom. The van der Waals surface area contributed by atoms with Crippen LogP contribution in [0.4, 0.5) is 0 Å². The molecular formula is C19H29N3O3. The van der Waals surface area contributed by atoms with Gasteiger partial charge in [0.1, 0.15) is 5.82 Å². The molecule has 0 spiro atoms. The first-order valence-electron chi connectivity index (χ1n) is 9.40. The SMILES string of the molecule is CO[C@H]1CC[C@H](Cc2ncc(C(N)=O)c(CC3CCC(O)C3)n2)CC1. The van der Waals surface area contributed by atoms with Crippen molar-refractivity contribution in [2.75, 3.05) is 7.11 Å². The molecule has 0 radical (unpaired) electrons. The molecule has 0 bridgehead atoms. The Kier molecular flexibility index (Phi) is 6.02. The molecular weight excluding hydrogens is 318 g/mol. The van der Waals surface area contributed by atoms with Crippen molar-refractivity contribution in [3.8, 4) is 0 Å². The van der Waals surface area contributed by atoms with Crippen LogP contribution < -0.4 is 5.73 Å². The summed E-state index contributed by atoms with van der Waals surface area (Å²) in [6.07, 6.45) is 10.3. The van der Waals surface area contributed by atoms with E-state index in [0.717, 1.165) is 62.9 Å². The average Bonchev–Trinajstić information content (AvgIpc) is 3.00. The third-order valence-electron chi connectivity index (χ3n) is 5.78. The summed E-state index contributed by atoms with van der Waals surface area (Å²) in [5.74, 6) is 1.28. The summed E-state index contributed by atoms with van der Waals surface area (Å²) in [6, 6.07) is 0. The number of rotatable bonds is 6. The lowest BCUT2D eigenvalue weighted by Crippen LogP contribution is -2.23. The maximum Gasteiger partial charge on any atom is 0.252 e. The van der Waals surface area contributed by atoms with E-state index in [1.165, 1.54) is 0 Å². The normalized spacial score (nSPS) is 29.7. The second kappa shape index (κ2) is 8.23. The molecule has 2 saturated carbocycles. The topological polar surface area (TPSA) is 98.3 Å². The molecule has 1 aromatic heterocycles. The number of ether oxygens (including phenoxy) is 1. The zero-order valence-electron chi connectivity index (χ0n) is 15.0. The van der Waals surface area contributed by atoms with Crippen molar-refractivity contribution in [2.24, 2.45) is 17.6 Å². The summed E-state index contributed by atoms with van der Waals surface area (Å²) in [6.45, 7) is 0. The molecule has 2 unspecified atom stereocenters. The van der Waals surface area contributed by atoms with Crippen LogP contribution in [0.2, 0.25) is 0 Å². The largest absolute Gasteiger partial charge is 0.393 e. The number of nitrogens with zero attached hydrogens (tertiary/aromatic N) is 2. The second-order valence-electron chi connectivity index (χ2n) is 7.63. The Hall–Kier alpha value is -1.53. The molecule has 138 valence electrons. The summed E-state index contributed by atoms with van der Waals surface area (Å²) in [5, 5.41) is 9.73. The van der Waals surface area contributed by atoms with Crippen LogP contribution in [0.5, 0.6) is 0 Å². The number of aliphatic hydroxyl groups excluding tert-OH is 1. The molecule has 6 nitrogen and oxygen atoms in total. The van der Waals surface area contributed by atoms with Gasteiger partial charge in [0.2, 0.25) is 0 Å². The van der Waals surface area contributed by atoms with Gasteiger partial charge in [0.05, 0.1) is 23.5 Å². The Balaban J connectivity index is 1.68. The van der Waals surface area contributed by atoms with Crippen LogP contribution in [0.1, 0.15) is 66.8 Å². The minimum atomic E-state index is -0.472. The number of hydrogen-bond acceptors (Lipinski definition) is 5. The van der Waals surface area contributed by atoms with Gasteiger partial charge in [0.25, 0.3) is 5.91 Å². The van der Waals surface area contributed by atoms with Crippen molar-refractivity contribution in [2.45, 2.75) is 70.0 Å². The van der Waals surface area contributed by atoms with Gasteiger partial charge in [0, 0.05) is 19.7 Å². The average molecular weight is 347 g/mol. The van der Waals surface area contributed by atoms with E-state index >= 15 is 0 Å². The van der Waals surface area contributed by atoms with Crippen molar-refractivity contribution in [3.05, 3.63) is 23.3 Å². The van der Waals surface area contributed by atoms with Crippen molar-refractivity contribution in [3.63, 3.8) is 0 Å². The Labute approximate surface area is 149 Å². The van der Waals surface area contributed by atoms with Gasteiger partial charge in [-0.25, -0.2) is 9.97 Å². The van der Waals surface area contributed by atoms with Gasteiger partial charge in [-0.15, -0.1) is 0 Å². The van der Waals surface area contributed by atoms with Crippen LogP contribution in [0.3, 0.4) is 0 Å². The molecule has 1 heterocycles. The smallest absolute Gasteiger partial charge is 0.252 e. The molecule has 0 aliphatic heterocycles. The summed E-state index contributed by atoms with van der Waals surface area (Å²) < 4.78 is 5.43. The van der Waals surface area contributed by atoms with Crippen LogP contribution in [0, 0.1) is 11.8 Å². The van der Waals surface area contributed by atoms with Crippen molar-refractivity contribution in [1.29, 1.82) is 0 Å². The number of hydrogen-bond donors (Lipinski definition) is 2. The third-order valence-corrected chi connectivity index (χ3v) is 5.78. The Morgan fingerprint density at radius 1 is 1.20 bits per heavy atom.